The third-order valence-electron chi connectivity index (χ3n) is 1.34. The Labute approximate surface area is 60.6 Å². The summed E-state index contributed by atoms with van der Waals surface area (Å²) in [6, 6.07) is 0. The first-order valence-corrected chi connectivity index (χ1v) is 4.41. The molecule has 1 rings (SSSR count). The van der Waals surface area contributed by atoms with Crippen LogP contribution in [-0.2, 0) is 10.0 Å². The van der Waals surface area contributed by atoms with Crippen molar-refractivity contribution in [2.45, 2.75) is 6.92 Å². The fourth-order valence-corrected chi connectivity index (χ4v) is 1.64. The zero-order valence-corrected chi connectivity index (χ0v) is 6.77. The third-order valence-corrected chi connectivity index (χ3v) is 2.99. The molecule has 0 saturated carbocycles. The number of sulfonamides is 1. The molecule has 0 aromatic carbocycles. The molecule has 5 heteroatoms. The molecular weight excluding hydrogens is 152 g/mol. The smallest absolute Gasteiger partial charge is 0.239 e. The molecule has 0 fully saturated rings. The summed E-state index contributed by atoms with van der Waals surface area (Å²) in [6.45, 7) is 2.09. The summed E-state index contributed by atoms with van der Waals surface area (Å²) in [5, 5.41) is 4.11. The Balaban J connectivity index is 3.02. The normalized spacial score (nSPS) is 25.2. The Morgan fingerprint density at radius 2 is 2.30 bits per heavy atom. The van der Waals surface area contributed by atoms with Gasteiger partial charge in [-0.3, -0.25) is 0 Å². The number of hydrogen-bond donors (Lipinski definition) is 1. The lowest BCUT2D eigenvalue weighted by Gasteiger charge is -2.21. The van der Waals surface area contributed by atoms with Crippen molar-refractivity contribution in [3.05, 3.63) is 11.1 Å². The van der Waals surface area contributed by atoms with Crippen molar-refractivity contribution in [1.29, 1.82) is 0 Å². The van der Waals surface area contributed by atoms with Crippen LogP contribution in [0.3, 0.4) is 0 Å². The molecule has 1 heterocycles. The molecule has 58 valence electrons. The minimum absolute atomic E-state index is 0.366. The second kappa shape index (κ2) is 2.25. The summed E-state index contributed by atoms with van der Waals surface area (Å²) in [7, 11) is -1.57. The molecule has 0 aromatic rings. The summed E-state index contributed by atoms with van der Waals surface area (Å²) in [6.07, 6.45) is 0. The summed E-state index contributed by atoms with van der Waals surface area (Å²) in [5.41, 5.74) is 0.693. The van der Waals surface area contributed by atoms with Crippen LogP contribution in [0, 0.1) is 0 Å². The van der Waals surface area contributed by atoms with E-state index in [1.165, 1.54) is 16.8 Å². The van der Waals surface area contributed by atoms with Gasteiger partial charge in [0, 0.05) is 12.7 Å². The van der Waals surface area contributed by atoms with Gasteiger partial charge in [0.2, 0.25) is 10.0 Å². The molecule has 0 aromatic heterocycles. The van der Waals surface area contributed by atoms with Crippen molar-refractivity contribution >= 4 is 10.0 Å². The monoisotopic (exact) mass is 162 g/mol. The average Bonchev–Trinajstić information content (AvgIpc) is 1.78. The van der Waals surface area contributed by atoms with Crippen molar-refractivity contribution in [2.24, 2.45) is 0 Å². The molecule has 1 aliphatic heterocycles. The van der Waals surface area contributed by atoms with Gasteiger partial charge in [0.25, 0.3) is 0 Å². The highest BCUT2D eigenvalue weighted by atomic mass is 32.2. The molecule has 0 unspecified atom stereocenters. The van der Waals surface area contributed by atoms with E-state index in [1.54, 1.807) is 6.92 Å². The van der Waals surface area contributed by atoms with Gasteiger partial charge in [-0.2, -0.15) is 4.31 Å². The molecule has 0 amide bonds. The average molecular weight is 162 g/mol. The largest absolute Gasteiger partial charge is 0.374 e. The van der Waals surface area contributed by atoms with Crippen molar-refractivity contribution in [3.63, 3.8) is 0 Å². The Kier molecular flexibility index (Phi) is 1.70. The predicted octanol–water partition coefficient (Wildman–Crippen LogP) is -0.330. The van der Waals surface area contributed by atoms with Gasteiger partial charge in [-0.25, -0.2) is 8.42 Å². The molecule has 0 atom stereocenters. The predicted molar refractivity (Wildman–Crippen MR) is 38.4 cm³/mol. The van der Waals surface area contributed by atoms with E-state index in [4.69, 9.17) is 0 Å². The van der Waals surface area contributed by atoms with E-state index in [2.05, 4.69) is 5.32 Å². The van der Waals surface area contributed by atoms with E-state index in [9.17, 15) is 8.42 Å². The van der Waals surface area contributed by atoms with Crippen molar-refractivity contribution < 1.29 is 8.42 Å². The lowest BCUT2D eigenvalue weighted by Crippen LogP contribution is -2.38. The summed E-state index contributed by atoms with van der Waals surface area (Å²) < 4.78 is 23.3. The third kappa shape index (κ3) is 1.30. The van der Waals surface area contributed by atoms with Crippen LogP contribution >= 0.6 is 0 Å². The quantitative estimate of drug-likeness (QED) is 0.530. The molecule has 0 bridgehead atoms. The Bertz CT molecular complexity index is 255. The van der Waals surface area contributed by atoms with Gasteiger partial charge in [-0.15, -0.1) is 0 Å². The number of nitrogens with one attached hydrogen (secondary N) is 1. The van der Waals surface area contributed by atoms with E-state index >= 15 is 0 Å². The van der Waals surface area contributed by atoms with E-state index in [0.29, 0.717) is 12.4 Å². The minimum atomic E-state index is -3.10. The van der Waals surface area contributed by atoms with Crippen molar-refractivity contribution in [2.75, 3.05) is 13.7 Å². The highest BCUT2D eigenvalue weighted by Gasteiger charge is 2.18. The first-order chi connectivity index (χ1) is 4.52. The highest BCUT2D eigenvalue weighted by molar-refractivity contribution is 7.92. The lowest BCUT2D eigenvalue weighted by molar-refractivity contribution is 0.448. The van der Waals surface area contributed by atoms with Gasteiger partial charge in [-0.05, 0) is 6.92 Å². The van der Waals surface area contributed by atoms with Crippen LogP contribution in [0.5, 0.6) is 0 Å². The zero-order chi connectivity index (χ0) is 7.78. The van der Waals surface area contributed by atoms with E-state index < -0.39 is 10.0 Å². The fraction of sp³-hybridized carbons (Fsp3) is 0.600. The van der Waals surface area contributed by atoms with Crippen molar-refractivity contribution in [3.8, 4) is 0 Å². The number of nitrogens with zero attached hydrogens (tertiary/aromatic N) is 1. The Morgan fingerprint density at radius 1 is 1.70 bits per heavy atom. The Morgan fingerprint density at radius 3 is 2.70 bits per heavy atom. The summed E-state index contributed by atoms with van der Waals surface area (Å²) in [5.74, 6) is 0. The zero-order valence-electron chi connectivity index (χ0n) is 5.96. The van der Waals surface area contributed by atoms with Gasteiger partial charge in [0.05, 0.1) is 12.1 Å². The molecule has 0 radical (unpaired) electrons. The van der Waals surface area contributed by atoms with Gasteiger partial charge in [0.1, 0.15) is 0 Å². The Hall–Kier alpha value is -0.550. The SMILES string of the molecule is CC1=CS(=O)(=O)N(C)CN1. The second-order valence-electron chi connectivity index (χ2n) is 2.28. The molecule has 10 heavy (non-hydrogen) atoms. The molecule has 1 aliphatic rings. The van der Waals surface area contributed by atoms with E-state index in [1.807, 2.05) is 0 Å². The van der Waals surface area contributed by atoms with Crippen LogP contribution in [0.1, 0.15) is 6.92 Å². The maximum Gasteiger partial charge on any atom is 0.239 e. The van der Waals surface area contributed by atoms with Gasteiger partial charge < -0.3 is 5.32 Å². The van der Waals surface area contributed by atoms with Crippen LogP contribution in [0.25, 0.3) is 0 Å². The minimum Gasteiger partial charge on any atom is -0.374 e. The van der Waals surface area contributed by atoms with Gasteiger partial charge in [-0.1, -0.05) is 0 Å². The van der Waals surface area contributed by atoms with Gasteiger partial charge >= 0.3 is 0 Å². The fourth-order valence-electron chi connectivity index (χ4n) is 0.681. The number of rotatable bonds is 0. The van der Waals surface area contributed by atoms with Crippen molar-refractivity contribution in [1.82, 2.24) is 9.62 Å². The maximum absolute atomic E-state index is 11.0. The van der Waals surface area contributed by atoms with E-state index in [0.717, 1.165) is 0 Å². The van der Waals surface area contributed by atoms with Crippen LogP contribution in [0.2, 0.25) is 0 Å². The molecule has 0 spiro atoms. The lowest BCUT2D eigenvalue weighted by atomic mass is 10.6. The van der Waals surface area contributed by atoms with E-state index in [-0.39, 0.29) is 0 Å². The topological polar surface area (TPSA) is 49.4 Å². The number of hydrogen-bond acceptors (Lipinski definition) is 3. The number of allylic oxidation sites excluding steroid dienone is 1. The highest BCUT2D eigenvalue weighted by Crippen LogP contribution is 2.06. The molecule has 0 saturated heterocycles. The second-order valence-corrected chi connectivity index (χ2v) is 4.17. The van der Waals surface area contributed by atoms with Crippen LogP contribution in [-0.4, -0.2) is 26.4 Å². The standard InChI is InChI=1S/C5H10N2O2S/c1-5-3-10(8,9)7(2)4-6-5/h3,6H,4H2,1-2H3. The van der Waals surface area contributed by atoms with Gasteiger partial charge in [0.15, 0.2) is 0 Å². The van der Waals surface area contributed by atoms with Crippen LogP contribution in [0.4, 0.5) is 0 Å². The molecular formula is C5H10N2O2S. The molecule has 0 aliphatic carbocycles. The first-order valence-electron chi connectivity index (χ1n) is 2.91. The molecule has 1 N–H and O–H groups in total. The summed E-state index contributed by atoms with van der Waals surface area (Å²) in [4.78, 5) is 0. The molecule has 4 nitrogen and oxygen atoms in total. The maximum atomic E-state index is 11.0. The first kappa shape index (κ1) is 7.56. The van der Waals surface area contributed by atoms with Crippen LogP contribution < -0.4 is 5.32 Å². The summed E-state index contributed by atoms with van der Waals surface area (Å²) >= 11 is 0. The van der Waals surface area contributed by atoms with Crippen LogP contribution in [0.15, 0.2) is 11.1 Å².